The minimum atomic E-state index is -4.28. The lowest BCUT2D eigenvalue weighted by Gasteiger charge is -2.20. The van der Waals surface area contributed by atoms with E-state index in [4.69, 9.17) is 24.3 Å². The molecular formula is C53H106NO7P. The molecule has 0 spiro atoms. The normalized spacial score (nSPS) is 13.3. The molecule has 0 rings (SSSR count). The molecule has 0 aliphatic carbocycles. The van der Waals surface area contributed by atoms with Crippen molar-refractivity contribution in [3.63, 3.8) is 0 Å². The van der Waals surface area contributed by atoms with Gasteiger partial charge in [-0.25, -0.2) is 4.57 Å². The Morgan fingerprint density at radius 2 is 0.806 bits per heavy atom. The monoisotopic (exact) mass is 900 g/mol. The molecule has 0 aliphatic heterocycles. The summed E-state index contributed by atoms with van der Waals surface area (Å²) in [5.74, 6) is -0.328. The first kappa shape index (κ1) is 61.2. The van der Waals surface area contributed by atoms with Gasteiger partial charge in [-0.1, -0.05) is 251 Å². The van der Waals surface area contributed by atoms with Crippen LogP contribution in [0.15, 0.2) is 12.2 Å². The lowest BCUT2D eigenvalue weighted by Crippen LogP contribution is -2.28. The van der Waals surface area contributed by atoms with E-state index in [1.807, 2.05) is 0 Å². The predicted octanol–water partition coefficient (Wildman–Crippen LogP) is 17.0. The summed E-state index contributed by atoms with van der Waals surface area (Å²) in [6, 6.07) is 0. The summed E-state index contributed by atoms with van der Waals surface area (Å²) >= 11 is 0. The van der Waals surface area contributed by atoms with Crippen LogP contribution in [0.25, 0.3) is 0 Å². The number of carbonyl (C=O) groups excluding carboxylic acids is 1. The van der Waals surface area contributed by atoms with Crippen LogP contribution in [0.1, 0.15) is 284 Å². The van der Waals surface area contributed by atoms with Crippen LogP contribution in [0.2, 0.25) is 0 Å². The average Bonchev–Trinajstić information content (AvgIpc) is 3.26. The first-order valence-corrected chi connectivity index (χ1v) is 28.7. The van der Waals surface area contributed by atoms with Crippen molar-refractivity contribution < 1.29 is 32.8 Å². The van der Waals surface area contributed by atoms with Gasteiger partial charge in [0.25, 0.3) is 0 Å². The van der Waals surface area contributed by atoms with E-state index in [2.05, 4.69) is 26.0 Å². The summed E-state index contributed by atoms with van der Waals surface area (Å²) in [5, 5.41) is 0. The molecule has 0 aromatic heterocycles. The van der Waals surface area contributed by atoms with Crippen LogP contribution in [0.4, 0.5) is 0 Å². The first-order chi connectivity index (χ1) is 30.4. The highest BCUT2D eigenvalue weighted by atomic mass is 31.2. The van der Waals surface area contributed by atoms with E-state index in [1.54, 1.807) is 0 Å². The van der Waals surface area contributed by atoms with Gasteiger partial charge in [0.05, 0.1) is 19.8 Å². The molecule has 0 aliphatic rings. The van der Waals surface area contributed by atoms with Crippen LogP contribution >= 0.6 is 7.82 Å². The molecular weight excluding hydrogens is 794 g/mol. The zero-order valence-corrected chi connectivity index (χ0v) is 42.3. The Morgan fingerprint density at radius 3 is 1.18 bits per heavy atom. The third-order valence-electron chi connectivity index (χ3n) is 12.2. The Kier molecular flexibility index (Phi) is 50.6. The standard InChI is InChI=1S/C53H106NO7P/c1-3-5-7-9-11-13-15-17-19-21-23-24-25-26-27-28-29-31-33-35-37-39-41-43-45-48-58-50-52(51-60-62(56,57)59-49-47-54)61-53(55)46-44-42-40-38-36-34-32-30-22-20-18-16-14-12-10-8-6-4-2/h20,22,52H,3-19,21,23-51,54H2,1-2H3,(H,56,57)/b22-20-. The number of hydrogen-bond acceptors (Lipinski definition) is 7. The van der Waals surface area contributed by atoms with Crippen molar-refractivity contribution in [2.75, 3.05) is 33.0 Å². The Hall–Kier alpha value is -0.760. The number of carbonyl (C=O) groups is 1. The molecule has 0 fully saturated rings. The Bertz CT molecular complexity index is 966. The second-order valence-electron chi connectivity index (χ2n) is 18.5. The number of phosphoric acid groups is 1. The highest BCUT2D eigenvalue weighted by Crippen LogP contribution is 2.43. The van der Waals surface area contributed by atoms with E-state index >= 15 is 0 Å². The Balaban J connectivity index is 3.85. The van der Waals surface area contributed by atoms with Crippen LogP contribution in [0.5, 0.6) is 0 Å². The van der Waals surface area contributed by atoms with Gasteiger partial charge in [0.1, 0.15) is 6.10 Å². The van der Waals surface area contributed by atoms with Gasteiger partial charge in [0, 0.05) is 19.6 Å². The smallest absolute Gasteiger partial charge is 0.457 e. The summed E-state index contributed by atoms with van der Waals surface area (Å²) in [4.78, 5) is 22.6. The minimum absolute atomic E-state index is 0.0925. The molecule has 0 heterocycles. The summed E-state index contributed by atoms with van der Waals surface area (Å²) in [6.07, 6.45) is 58.3. The summed E-state index contributed by atoms with van der Waals surface area (Å²) in [5.41, 5.74) is 5.39. The highest BCUT2D eigenvalue weighted by molar-refractivity contribution is 7.47. The van der Waals surface area contributed by atoms with E-state index in [-0.39, 0.29) is 32.3 Å². The fourth-order valence-electron chi connectivity index (χ4n) is 8.17. The molecule has 0 bridgehead atoms. The van der Waals surface area contributed by atoms with E-state index in [1.165, 1.54) is 231 Å². The Labute approximate surface area is 385 Å². The van der Waals surface area contributed by atoms with Gasteiger partial charge in [-0.05, 0) is 38.5 Å². The molecule has 8 nitrogen and oxygen atoms in total. The largest absolute Gasteiger partial charge is 0.472 e. The van der Waals surface area contributed by atoms with Crippen LogP contribution in [-0.4, -0.2) is 49.9 Å². The van der Waals surface area contributed by atoms with Crippen molar-refractivity contribution in [2.45, 2.75) is 290 Å². The third-order valence-corrected chi connectivity index (χ3v) is 13.2. The topological polar surface area (TPSA) is 117 Å². The van der Waals surface area contributed by atoms with Crippen molar-refractivity contribution in [1.82, 2.24) is 0 Å². The number of ether oxygens (including phenoxy) is 2. The lowest BCUT2D eigenvalue weighted by atomic mass is 10.0. The number of hydrogen-bond donors (Lipinski definition) is 2. The van der Waals surface area contributed by atoms with E-state index < -0.39 is 13.9 Å². The van der Waals surface area contributed by atoms with E-state index in [0.717, 1.165) is 32.1 Å². The fraction of sp³-hybridized carbons (Fsp3) is 0.943. The minimum Gasteiger partial charge on any atom is -0.457 e. The van der Waals surface area contributed by atoms with Gasteiger partial charge in [0.2, 0.25) is 0 Å². The van der Waals surface area contributed by atoms with Crippen molar-refractivity contribution >= 4 is 13.8 Å². The number of esters is 1. The van der Waals surface area contributed by atoms with Gasteiger partial charge < -0.3 is 20.1 Å². The maximum absolute atomic E-state index is 12.7. The second kappa shape index (κ2) is 51.2. The van der Waals surface area contributed by atoms with E-state index in [9.17, 15) is 14.3 Å². The first-order valence-electron chi connectivity index (χ1n) is 27.2. The van der Waals surface area contributed by atoms with Crippen LogP contribution < -0.4 is 5.73 Å². The van der Waals surface area contributed by atoms with Crippen LogP contribution in [0, 0.1) is 0 Å². The third kappa shape index (κ3) is 50.2. The number of phosphoric ester groups is 1. The van der Waals surface area contributed by atoms with Gasteiger partial charge >= 0.3 is 13.8 Å². The molecule has 3 N–H and O–H groups in total. The number of nitrogens with two attached hydrogens (primary N) is 1. The molecule has 0 amide bonds. The predicted molar refractivity (Wildman–Crippen MR) is 266 cm³/mol. The maximum Gasteiger partial charge on any atom is 0.472 e. The number of rotatable bonds is 53. The van der Waals surface area contributed by atoms with Gasteiger partial charge in [0.15, 0.2) is 0 Å². The molecule has 0 radical (unpaired) electrons. The molecule has 62 heavy (non-hydrogen) atoms. The van der Waals surface area contributed by atoms with Gasteiger partial charge in [-0.3, -0.25) is 13.8 Å². The van der Waals surface area contributed by atoms with Crippen molar-refractivity contribution in [2.24, 2.45) is 5.73 Å². The molecule has 0 saturated carbocycles. The van der Waals surface area contributed by atoms with Crippen molar-refractivity contribution in [3.8, 4) is 0 Å². The molecule has 2 unspecified atom stereocenters. The maximum atomic E-state index is 12.7. The van der Waals surface area contributed by atoms with Gasteiger partial charge in [-0.2, -0.15) is 0 Å². The molecule has 2 atom stereocenters. The quantitative estimate of drug-likeness (QED) is 0.0268. The number of allylic oxidation sites excluding steroid dienone is 2. The van der Waals surface area contributed by atoms with Crippen LogP contribution in [0.3, 0.4) is 0 Å². The van der Waals surface area contributed by atoms with E-state index in [0.29, 0.717) is 13.0 Å². The van der Waals surface area contributed by atoms with Crippen LogP contribution in [-0.2, 0) is 27.9 Å². The average molecular weight is 900 g/mol. The zero-order valence-electron chi connectivity index (χ0n) is 41.4. The molecule has 0 saturated heterocycles. The second-order valence-corrected chi connectivity index (χ2v) is 19.9. The SMILES string of the molecule is CCCCCCCCC/C=C\CCCCCCCCCC(=O)OC(COCCCCCCCCCCCCCCCCCCCCCCCCCCC)COP(=O)(O)OCCN. The molecule has 370 valence electrons. The molecule has 0 aromatic carbocycles. The number of unbranched alkanes of at least 4 members (excludes halogenated alkanes) is 38. The fourth-order valence-corrected chi connectivity index (χ4v) is 8.94. The van der Waals surface area contributed by atoms with Crippen molar-refractivity contribution in [3.05, 3.63) is 12.2 Å². The van der Waals surface area contributed by atoms with Gasteiger partial charge in [-0.15, -0.1) is 0 Å². The Morgan fingerprint density at radius 1 is 0.468 bits per heavy atom. The van der Waals surface area contributed by atoms with Crippen molar-refractivity contribution in [1.29, 1.82) is 0 Å². The lowest BCUT2D eigenvalue weighted by molar-refractivity contribution is -0.154. The molecule has 0 aromatic rings. The zero-order chi connectivity index (χ0) is 45.1. The summed E-state index contributed by atoms with van der Waals surface area (Å²) < 4.78 is 33.6. The highest BCUT2D eigenvalue weighted by Gasteiger charge is 2.25. The summed E-state index contributed by atoms with van der Waals surface area (Å²) in [7, 11) is -4.28. The molecule has 9 heteroatoms. The summed E-state index contributed by atoms with van der Waals surface area (Å²) in [6.45, 7) is 4.99.